The van der Waals surface area contributed by atoms with Crippen molar-refractivity contribution in [2.75, 3.05) is 32.7 Å². The van der Waals surface area contributed by atoms with Crippen LogP contribution in [0.1, 0.15) is 19.4 Å². The lowest BCUT2D eigenvalue weighted by Gasteiger charge is -2.35. The molecule has 0 aliphatic carbocycles. The summed E-state index contributed by atoms with van der Waals surface area (Å²) in [7, 11) is 0. The van der Waals surface area contributed by atoms with Gasteiger partial charge in [0.15, 0.2) is 6.10 Å². The van der Waals surface area contributed by atoms with Crippen LogP contribution >= 0.6 is 0 Å². The van der Waals surface area contributed by atoms with Gasteiger partial charge in [-0.1, -0.05) is 19.1 Å². The summed E-state index contributed by atoms with van der Waals surface area (Å²) in [5.74, 6) is 0.451. The van der Waals surface area contributed by atoms with Crippen LogP contribution in [0.5, 0.6) is 5.75 Å². The first-order chi connectivity index (χ1) is 10.2. The van der Waals surface area contributed by atoms with E-state index in [0.29, 0.717) is 11.3 Å². The van der Waals surface area contributed by atoms with Crippen molar-refractivity contribution in [1.82, 2.24) is 9.80 Å². The van der Waals surface area contributed by atoms with Crippen molar-refractivity contribution in [3.63, 3.8) is 0 Å². The van der Waals surface area contributed by atoms with Gasteiger partial charge in [0.2, 0.25) is 0 Å². The van der Waals surface area contributed by atoms with Crippen LogP contribution < -0.4 is 4.74 Å². The number of para-hydroxylation sites is 1. The highest BCUT2D eigenvalue weighted by atomic mass is 16.5. The van der Waals surface area contributed by atoms with Crippen molar-refractivity contribution in [3.05, 3.63) is 29.8 Å². The Balaban J connectivity index is 1.96. The van der Waals surface area contributed by atoms with Crippen LogP contribution in [0.4, 0.5) is 0 Å². The van der Waals surface area contributed by atoms with Gasteiger partial charge in [0.25, 0.3) is 5.91 Å². The Kier molecular flexibility index (Phi) is 5.18. The third-order valence-corrected chi connectivity index (χ3v) is 3.79. The maximum Gasteiger partial charge on any atom is 0.263 e. The van der Waals surface area contributed by atoms with E-state index >= 15 is 0 Å². The molecular formula is C16H21N3O2. The Morgan fingerprint density at radius 1 is 1.33 bits per heavy atom. The fourth-order valence-corrected chi connectivity index (χ4v) is 2.44. The first-order valence-corrected chi connectivity index (χ1v) is 7.32. The van der Waals surface area contributed by atoms with Gasteiger partial charge in [0.1, 0.15) is 11.8 Å². The lowest BCUT2D eigenvalue weighted by molar-refractivity contribution is -0.139. The largest absolute Gasteiger partial charge is 0.480 e. The van der Waals surface area contributed by atoms with Crippen LogP contribution in [0.2, 0.25) is 0 Å². The lowest BCUT2D eigenvalue weighted by atomic mass is 10.2. The predicted molar refractivity (Wildman–Crippen MR) is 79.9 cm³/mol. The molecule has 1 fully saturated rings. The van der Waals surface area contributed by atoms with E-state index in [-0.39, 0.29) is 5.91 Å². The van der Waals surface area contributed by atoms with Crippen LogP contribution in [0.15, 0.2) is 24.3 Å². The molecule has 2 rings (SSSR count). The van der Waals surface area contributed by atoms with Gasteiger partial charge in [0, 0.05) is 26.2 Å². The van der Waals surface area contributed by atoms with Crippen molar-refractivity contribution in [3.8, 4) is 11.8 Å². The maximum atomic E-state index is 12.4. The first kappa shape index (κ1) is 15.3. The molecule has 0 unspecified atom stereocenters. The quantitative estimate of drug-likeness (QED) is 0.842. The highest BCUT2D eigenvalue weighted by Crippen LogP contribution is 2.19. The summed E-state index contributed by atoms with van der Waals surface area (Å²) < 4.78 is 5.68. The molecule has 1 aliphatic heterocycles. The molecule has 21 heavy (non-hydrogen) atoms. The number of benzene rings is 1. The highest BCUT2D eigenvalue weighted by Gasteiger charge is 2.25. The highest BCUT2D eigenvalue weighted by molar-refractivity contribution is 5.81. The van der Waals surface area contributed by atoms with Gasteiger partial charge in [-0.05, 0) is 25.6 Å². The fraction of sp³-hybridized carbons (Fsp3) is 0.500. The first-order valence-electron chi connectivity index (χ1n) is 7.32. The van der Waals surface area contributed by atoms with Crippen LogP contribution in [0.3, 0.4) is 0 Å². The molecule has 0 spiro atoms. The third-order valence-electron chi connectivity index (χ3n) is 3.79. The van der Waals surface area contributed by atoms with E-state index in [4.69, 9.17) is 10.00 Å². The number of carbonyl (C=O) groups excluding carboxylic acids is 1. The Morgan fingerprint density at radius 2 is 2.00 bits per heavy atom. The van der Waals surface area contributed by atoms with Crippen molar-refractivity contribution in [2.45, 2.75) is 20.0 Å². The third kappa shape index (κ3) is 3.73. The van der Waals surface area contributed by atoms with E-state index in [1.54, 1.807) is 31.2 Å². The molecule has 0 aromatic heterocycles. The molecular weight excluding hydrogens is 266 g/mol. The molecule has 1 aliphatic rings. The second-order valence-electron chi connectivity index (χ2n) is 5.13. The Hall–Kier alpha value is -2.06. The van der Waals surface area contributed by atoms with E-state index in [1.807, 2.05) is 4.90 Å². The van der Waals surface area contributed by atoms with Gasteiger partial charge >= 0.3 is 0 Å². The SMILES string of the molecule is CCN1CCN(C(=O)[C@@H](C)Oc2ccccc2C#N)CC1. The second-order valence-corrected chi connectivity index (χ2v) is 5.13. The molecule has 1 saturated heterocycles. The molecule has 5 heteroatoms. The van der Waals surface area contributed by atoms with Crippen molar-refractivity contribution in [2.24, 2.45) is 0 Å². The molecule has 0 N–H and O–H groups in total. The van der Waals surface area contributed by atoms with Gasteiger partial charge in [-0.3, -0.25) is 4.79 Å². The summed E-state index contributed by atoms with van der Waals surface area (Å²) in [6.07, 6.45) is -0.576. The molecule has 1 aromatic rings. The van der Waals surface area contributed by atoms with E-state index in [9.17, 15) is 4.79 Å². The topological polar surface area (TPSA) is 56.6 Å². The average Bonchev–Trinajstić information content (AvgIpc) is 2.54. The summed E-state index contributed by atoms with van der Waals surface area (Å²) in [5, 5.41) is 9.04. The summed E-state index contributed by atoms with van der Waals surface area (Å²) in [5.41, 5.74) is 0.452. The number of hydrogen-bond acceptors (Lipinski definition) is 4. The molecule has 1 atom stereocenters. The molecule has 112 valence electrons. The number of hydrogen-bond donors (Lipinski definition) is 0. The van der Waals surface area contributed by atoms with Crippen LogP contribution in [-0.4, -0.2) is 54.5 Å². The van der Waals surface area contributed by atoms with E-state index in [1.165, 1.54) is 0 Å². The number of nitriles is 1. The van der Waals surface area contributed by atoms with Crippen molar-refractivity contribution < 1.29 is 9.53 Å². The summed E-state index contributed by atoms with van der Waals surface area (Å²) in [6, 6.07) is 9.06. The van der Waals surface area contributed by atoms with Crippen molar-refractivity contribution in [1.29, 1.82) is 5.26 Å². The van der Waals surface area contributed by atoms with E-state index in [0.717, 1.165) is 32.7 Å². The minimum atomic E-state index is -0.576. The lowest BCUT2D eigenvalue weighted by Crippen LogP contribution is -2.51. The zero-order valence-electron chi connectivity index (χ0n) is 12.6. The Bertz CT molecular complexity index is 531. The molecule has 0 saturated carbocycles. The number of carbonyl (C=O) groups is 1. The molecule has 0 radical (unpaired) electrons. The zero-order chi connectivity index (χ0) is 15.2. The molecule has 5 nitrogen and oxygen atoms in total. The maximum absolute atomic E-state index is 12.4. The normalized spacial score (nSPS) is 17.1. The van der Waals surface area contributed by atoms with Gasteiger partial charge in [0.05, 0.1) is 5.56 Å². The van der Waals surface area contributed by atoms with Gasteiger partial charge in [-0.2, -0.15) is 5.26 Å². The molecule has 1 heterocycles. The summed E-state index contributed by atoms with van der Waals surface area (Å²) in [4.78, 5) is 16.6. The minimum Gasteiger partial charge on any atom is -0.480 e. The molecule has 1 amide bonds. The summed E-state index contributed by atoms with van der Waals surface area (Å²) >= 11 is 0. The Labute approximate surface area is 125 Å². The van der Waals surface area contributed by atoms with Crippen LogP contribution in [0, 0.1) is 11.3 Å². The number of ether oxygens (including phenoxy) is 1. The number of rotatable bonds is 4. The monoisotopic (exact) mass is 287 g/mol. The summed E-state index contributed by atoms with van der Waals surface area (Å²) in [6.45, 7) is 8.17. The number of amides is 1. The number of piperazine rings is 1. The average molecular weight is 287 g/mol. The van der Waals surface area contributed by atoms with E-state index in [2.05, 4.69) is 17.9 Å². The van der Waals surface area contributed by atoms with Crippen molar-refractivity contribution >= 4 is 5.91 Å². The van der Waals surface area contributed by atoms with Crippen LogP contribution in [0.25, 0.3) is 0 Å². The van der Waals surface area contributed by atoms with E-state index < -0.39 is 6.10 Å². The van der Waals surface area contributed by atoms with Gasteiger partial charge in [-0.25, -0.2) is 0 Å². The minimum absolute atomic E-state index is 0.0153. The fourth-order valence-electron chi connectivity index (χ4n) is 2.44. The smallest absolute Gasteiger partial charge is 0.263 e. The zero-order valence-corrected chi connectivity index (χ0v) is 12.6. The second kappa shape index (κ2) is 7.09. The predicted octanol–water partition coefficient (Wildman–Crippen LogP) is 1.49. The molecule has 1 aromatic carbocycles. The Morgan fingerprint density at radius 3 is 2.62 bits per heavy atom. The number of likely N-dealkylation sites (N-methyl/N-ethyl adjacent to an activating group) is 1. The van der Waals surface area contributed by atoms with Gasteiger partial charge in [-0.15, -0.1) is 0 Å². The van der Waals surface area contributed by atoms with Crippen LogP contribution in [-0.2, 0) is 4.79 Å². The standard InChI is InChI=1S/C16H21N3O2/c1-3-18-8-10-19(11-9-18)16(20)13(2)21-15-7-5-4-6-14(15)12-17/h4-7,13H,3,8-11H2,1-2H3/t13-/m1/s1. The van der Waals surface area contributed by atoms with Gasteiger partial charge < -0.3 is 14.5 Å². The number of nitrogens with zero attached hydrogens (tertiary/aromatic N) is 3. The molecule has 0 bridgehead atoms.